The maximum atomic E-state index is 13.0. The minimum Gasteiger partial charge on any atom is -0.354 e. The van der Waals surface area contributed by atoms with Gasteiger partial charge in [0.05, 0.1) is 6.54 Å². The van der Waals surface area contributed by atoms with Crippen molar-refractivity contribution in [3.63, 3.8) is 0 Å². The molecule has 154 valence electrons. The van der Waals surface area contributed by atoms with Gasteiger partial charge in [-0.2, -0.15) is 0 Å². The molecule has 1 saturated heterocycles. The topological polar surface area (TPSA) is 85.5 Å². The lowest BCUT2D eigenvalue weighted by Gasteiger charge is -2.34. The van der Waals surface area contributed by atoms with E-state index in [-0.39, 0.29) is 17.6 Å². The maximum Gasteiger partial charge on any atom is 0.270 e. The minimum absolute atomic E-state index is 0.0242. The van der Waals surface area contributed by atoms with Crippen LogP contribution in [0.25, 0.3) is 0 Å². The minimum atomic E-state index is -0.0779. The molecule has 1 aliphatic rings. The molecule has 0 saturated carbocycles. The number of carbonyl (C=O) groups is 3. The van der Waals surface area contributed by atoms with Crippen LogP contribution >= 0.6 is 0 Å². The third-order valence-electron chi connectivity index (χ3n) is 5.29. The fourth-order valence-electron chi connectivity index (χ4n) is 3.88. The highest BCUT2D eigenvalue weighted by atomic mass is 16.2. The van der Waals surface area contributed by atoms with Gasteiger partial charge in [-0.1, -0.05) is 25.1 Å². The predicted octanol–water partition coefficient (Wildman–Crippen LogP) is 2.48. The normalized spacial score (nSPS) is 14.7. The number of aromatic amines is 1. The molecule has 0 radical (unpaired) electrons. The van der Waals surface area contributed by atoms with Gasteiger partial charge in [-0.25, -0.2) is 0 Å². The Morgan fingerprint density at radius 3 is 2.31 bits per heavy atom. The first-order valence-corrected chi connectivity index (χ1v) is 9.99. The fourth-order valence-corrected chi connectivity index (χ4v) is 3.88. The van der Waals surface area contributed by atoms with Gasteiger partial charge in [0.15, 0.2) is 5.78 Å². The summed E-state index contributed by atoms with van der Waals surface area (Å²) < 4.78 is 0. The standard InChI is InChI=1S/C22H28N4O3/c1-4-18-20(16(3)27)15(2)23-21(18)22(29)26-12-10-25(11-13-26)14-19(28)24-17-8-6-5-7-9-17/h5-9,23H,4,10-14H2,1-3H3,(H,24,28). The van der Waals surface area contributed by atoms with E-state index in [4.69, 9.17) is 0 Å². The van der Waals surface area contributed by atoms with Crippen molar-refractivity contribution in [3.05, 3.63) is 52.8 Å². The van der Waals surface area contributed by atoms with Gasteiger partial charge in [-0.05, 0) is 38.0 Å². The number of aromatic nitrogens is 1. The van der Waals surface area contributed by atoms with Gasteiger partial charge in [-0.3, -0.25) is 19.3 Å². The second-order valence-electron chi connectivity index (χ2n) is 7.37. The van der Waals surface area contributed by atoms with Gasteiger partial charge in [0.25, 0.3) is 5.91 Å². The number of H-pyrrole nitrogens is 1. The Hall–Kier alpha value is -2.93. The van der Waals surface area contributed by atoms with E-state index >= 15 is 0 Å². The molecule has 1 aliphatic heterocycles. The number of aryl methyl sites for hydroxylation is 1. The highest BCUT2D eigenvalue weighted by molar-refractivity contribution is 6.02. The molecule has 2 heterocycles. The van der Waals surface area contributed by atoms with Crippen molar-refractivity contribution >= 4 is 23.3 Å². The first-order chi connectivity index (χ1) is 13.9. The number of anilines is 1. The first kappa shape index (κ1) is 20.8. The number of para-hydroxylation sites is 1. The Morgan fingerprint density at radius 1 is 1.07 bits per heavy atom. The molecule has 1 aromatic carbocycles. The number of hydrogen-bond donors (Lipinski definition) is 2. The molecule has 0 bridgehead atoms. The van der Waals surface area contributed by atoms with E-state index in [0.717, 1.165) is 16.9 Å². The first-order valence-electron chi connectivity index (χ1n) is 9.99. The van der Waals surface area contributed by atoms with Crippen LogP contribution in [0.3, 0.4) is 0 Å². The van der Waals surface area contributed by atoms with E-state index in [1.54, 1.807) is 4.90 Å². The molecule has 2 amide bonds. The van der Waals surface area contributed by atoms with Gasteiger partial charge in [0.1, 0.15) is 5.69 Å². The highest BCUT2D eigenvalue weighted by Crippen LogP contribution is 2.22. The van der Waals surface area contributed by atoms with Crippen molar-refractivity contribution in [2.24, 2.45) is 0 Å². The third-order valence-corrected chi connectivity index (χ3v) is 5.29. The van der Waals surface area contributed by atoms with Crippen molar-refractivity contribution in [2.75, 3.05) is 38.0 Å². The summed E-state index contributed by atoms with van der Waals surface area (Å²) in [5, 5.41) is 2.89. The molecule has 0 atom stereocenters. The number of benzene rings is 1. The number of Topliss-reactive ketones (excluding diaryl/α,β-unsaturated/α-hetero) is 1. The van der Waals surface area contributed by atoms with Gasteiger partial charge in [-0.15, -0.1) is 0 Å². The molecule has 2 N–H and O–H groups in total. The highest BCUT2D eigenvalue weighted by Gasteiger charge is 2.28. The average Bonchev–Trinajstić information content (AvgIpc) is 3.05. The lowest BCUT2D eigenvalue weighted by Crippen LogP contribution is -2.50. The fraction of sp³-hybridized carbons (Fsp3) is 0.409. The molecular formula is C22H28N4O3. The summed E-state index contributed by atoms with van der Waals surface area (Å²) in [6.07, 6.45) is 0.625. The Balaban J connectivity index is 1.58. The van der Waals surface area contributed by atoms with Crippen LogP contribution in [0.2, 0.25) is 0 Å². The van der Waals surface area contributed by atoms with Crippen LogP contribution in [0.1, 0.15) is 46.0 Å². The molecular weight excluding hydrogens is 368 g/mol. The molecule has 0 aliphatic carbocycles. The summed E-state index contributed by atoms with van der Waals surface area (Å²) in [6, 6.07) is 9.37. The molecule has 3 rings (SSSR count). The van der Waals surface area contributed by atoms with E-state index in [1.807, 2.05) is 49.1 Å². The molecule has 7 nitrogen and oxygen atoms in total. The summed E-state index contributed by atoms with van der Waals surface area (Å²) >= 11 is 0. The second kappa shape index (κ2) is 9.05. The molecule has 7 heteroatoms. The van der Waals surface area contributed by atoms with Crippen molar-refractivity contribution in [2.45, 2.75) is 27.2 Å². The molecule has 0 unspecified atom stereocenters. The Morgan fingerprint density at radius 2 is 1.72 bits per heavy atom. The number of piperazine rings is 1. The van der Waals surface area contributed by atoms with Crippen LogP contribution in [-0.4, -0.2) is 65.1 Å². The monoisotopic (exact) mass is 396 g/mol. The van der Waals surface area contributed by atoms with Crippen molar-refractivity contribution in [1.29, 1.82) is 0 Å². The zero-order valence-corrected chi connectivity index (χ0v) is 17.2. The van der Waals surface area contributed by atoms with Crippen LogP contribution in [0, 0.1) is 6.92 Å². The number of amides is 2. The van der Waals surface area contributed by atoms with Crippen LogP contribution in [0.15, 0.2) is 30.3 Å². The average molecular weight is 396 g/mol. The summed E-state index contributed by atoms with van der Waals surface area (Å²) in [5.41, 5.74) is 3.47. The van der Waals surface area contributed by atoms with E-state index in [0.29, 0.717) is 50.4 Å². The van der Waals surface area contributed by atoms with Gasteiger partial charge in [0.2, 0.25) is 5.91 Å². The zero-order valence-electron chi connectivity index (χ0n) is 17.2. The summed E-state index contributed by atoms with van der Waals surface area (Å²) in [6.45, 7) is 7.98. The molecule has 1 aromatic heterocycles. The molecule has 2 aromatic rings. The summed E-state index contributed by atoms with van der Waals surface area (Å²) in [5.74, 6) is -0.162. The maximum absolute atomic E-state index is 13.0. The van der Waals surface area contributed by atoms with Gasteiger partial charge in [0, 0.05) is 43.1 Å². The second-order valence-corrected chi connectivity index (χ2v) is 7.37. The van der Waals surface area contributed by atoms with Crippen LogP contribution < -0.4 is 5.32 Å². The number of rotatable bonds is 6. The number of carbonyl (C=O) groups excluding carboxylic acids is 3. The Bertz CT molecular complexity index is 896. The smallest absolute Gasteiger partial charge is 0.270 e. The van der Waals surface area contributed by atoms with E-state index in [9.17, 15) is 14.4 Å². The Labute approximate surface area is 171 Å². The van der Waals surface area contributed by atoms with Crippen molar-refractivity contribution < 1.29 is 14.4 Å². The largest absolute Gasteiger partial charge is 0.354 e. The SMILES string of the molecule is CCc1c(C(=O)N2CCN(CC(=O)Nc3ccccc3)CC2)[nH]c(C)c1C(C)=O. The number of nitrogens with one attached hydrogen (secondary N) is 2. The third kappa shape index (κ3) is 4.74. The van der Waals surface area contributed by atoms with Crippen LogP contribution in [0.5, 0.6) is 0 Å². The molecule has 1 fully saturated rings. The van der Waals surface area contributed by atoms with Crippen molar-refractivity contribution in [3.8, 4) is 0 Å². The quantitative estimate of drug-likeness (QED) is 0.735. The van der Waals surface area contributed by atoms with Gasteiger partial charge < -0.3 is 15.2 Å². The van der Waals surface area contributed by atoms with E-state index in [2.05, 4.69) is 10.3 Å². The summed E-state index contributed by atoms with van der Waals surface area (Å²) in [4.78, 5) is 44.2. The van der Waals surface area contributed by atoms with Crippen molar-refractivity contribution in [1.82, 2.24) is 14.8 Å². The van der Waals surface area contributed by atoms with Gasteiger partial charge >= 0.3 is 0 Å². The predicted molar refractivity (Wildman–Crippen MR) is 112 cm³/mol. The van der Waals surface area contributed by atoms with E-state index in [1.165, 1.54) is 6.92 Å². The number of ketones is 1. The lowest BCUT2D eigenvalue weighted by molar-refractivity contribution is -0.117. The Kier molecular flexibility index (Phi) is 6.49. The van der Waals surface area contributed by atoms with Crippen LogP contribution in [0.4, 0.5) is 5.69 Å². The molecule has 0 spiro atoms. The number of nitrogens with zero attached hydrogens (tertiary/aromatic N) is 2. The van der Waals surface area contributed by atoms with Crippen LogP contribution in [-0.2, 0) is 11.2 Å². The molecule has 29 heavy (non-hydrogen) atoms. The lowest BCUT2D eigenvalue weighted by atomic mass is 10.0. The van der Waals surface area contributed by atoms with E-state index < -0.39 is 0 Å². The number of hydrogen-bond acceptors (Lipinski definition) is 4. The summed E-state index contributed by atoms with van der Waals surface area (Å²) in [7, 11) is 0. The zero-order chi connectivity index (χ0) is 21.0.